The number of carbonyl (C=O) groups is 2. The molecule has 3 aromatic rings. The molecule has 49 heavy (non-hydrogen) atoms. The van der Waals surface area contributed by atoms with Crippen LogP contribution in [0, 0.1) is 11.7 Å². The fourth-order valence-electron chi connectivity index (χ4n) is 4.89. The van der Waals surface area contributed by atoms with Crippen LogP contribution in [0.4, 0.5) is 68.5 Å². The first-order valence-corrected chi connectivity index (χ1v) is 14.4. The lowest BCUT2D eigenvalue weighted by molar-refractivity contribution is -0.383. The third-order valence-electron chi connectivity index (χ3n) is 7.50. The molecule has 1 aliphatic rings. The van der Waals surface area contributed by atoms with Crippen molar-refractivity contribution in [3.8, 4) is 0 Å². The number of nitrogens with one attached hydrogen (secondary N) is 1. The van der Waals surface area contributed by atoms with Gasteiger partial charge in [0.2, 0.25) is 0 Å². The minimum atomic E-state index is -6.32. The van der Waals surface area contributed by atoms with E-state index in [0.29, 0.717) is 25.0 Å². The summed E-state index contributed by atoms with van der Waals surface area (Å²) >= 11 is 2.48. The maximum atomic E-state index is 15.9. The smallest absolute Gasteiger partial charge is 0.357 e. The van der Waals surface area contributed by atoms with Crippen LogP contribution in [0.25, 0.3) is 0 Å². The summed E-state index contributed by atoms with van der Waals surface area (Å²) < 4.78 is 183. The molecule has 5 nitrogen and oxygen atoms in total. The zero-order valence-electron chi connectivity index (χ0n) is 24.4. The molecule has 0 bridgehead atoms. The van der Waals surface area contributed by atoms with Crippen molar-refractivity contribution in [1.29, 1.82) is 0 Å². The van der Waals surface area contributed by atoms with Gasteiger partial charge < -0.3 is 15.0 Å². The number of anilines is 2. The number of rotatable bonds is 8. The van der Waals surface area contributed by atoms with E-state index in [1.165, 1.54) is 0 Å². The van der Waals surface area contributed by atoms with Crippen LogP contribution in [0.2, 0.25) is 0 Å². The van der Waals surface area contributed by atoms with Gasteiger partial charge in [0.05, 0.1) is 28.1 Å². The van der Waals surface area contributed by atoms with E-state index in [2.05, 4.69) is 20.7 Å². The Bertz CT molecular complexity index is 1720. The molecule has 4 rings (SSSR count). The van der Waals surface area contributed by atoms with Crippen molar-refractivity contribution < 1.29 is 71.4 Å². The summed E-state index contributed by atoms with van der Waals surface area (Å²) in [5.74, 6) is -4.27. The lowest BCUT2D eigenvalue weighted by Crippen LogP contribution is -2.55. The number of amides is 2. The predicted octanol–water partition coefficient (Wildman–Crippen LogP) is 9.90. The molecule has 3 aromatic carbocycles. The predicted molar refractivity (Wildman–Crippen MR) is 150 cm³/mol. The average molecular weight is 783 g/mol. The van der Waals surface area contributed by atoms with Gasteiger partial charge >= 0.3 is 24.7 Å². The van der Waals surface area contributed by atoms with E-state index in [9.17, 15) is 62.3 Å². The number of hydrogen-bond donors (Lipinski definition) is 1. The number of benzene rings is 3. The summed E-state index contributed by atoms with van der Waals surface area (Å²) in [5.41, 5.74) is -13.8. The van der Waals surface area contributed by atoms with Gasteiger partial charge in [0.25, 0.3) is 17.4 Å². The highest BCUT2D eigenvalue weighted by Gasteiger charge is 2.73. The minimum absolute atomic E-state index is 0.00219. The molecule has 0 spiro atoms. The number of carbonyl (C=O) groups excluding carboxylic acids is 2. The quantitative estimate of drug-likeness (QED) is 0.232. The van der Waals surface area contributed by atoms with E-state index in [-0.39, 0.29) is 31.2 Å². The Kier molecular flexibility index (Phi) is 10.2. The molecule has 0 aliphatic heterocycles. The number of nitrogens with zero attached hydrogens (tertiary/aromatic N) is 1. The number of alkyl halides is 12. The fourth-order valence-corrected chi connectivity index (χ4v) is 5.45. The third kappa shape index (κ3) is 7.51. The zero-order valence-corrected chi connectivity index (χ0v) is 25.9. The van der Waals surface area contributed by atoms with Gasteiger partial charge in [0.15, 0.2) is 5.82 Å². The maximum Gasteiger partial charge on any atom is 0.430 e. The van der Waals surface area contributed by atoms with Crippen molar-refractivity contribution in [2.24, 2.45) is 5.92 Å². The van der Waals surface area contributed by atoms with E-state index in [4.69, 9.17) is 0 Å². The number of hydrogen-bond acceptors (Lipinski definition) is 3. The molecule has 0 atom stereocenters. The Morgan fingerprint density at radius 3 is 1.88 bits per heavy atom. The van der Waals surface area contributed by atoms with Gasteiger partial charge in [-0.2, -0.15) is 52.7 Å². The molecule has 0 heterocycles. The molecule has 1 aliphatic carbocycles. The molecule has 0 radical (unpaired) electrons. The van der Waals surface area contributed by atoms with E-state index >= 15 is 4.39 Å². The first kappa shape index (κ1) is 37.9. The molecular weight excluding hydrogens is 763 g/mol. The highest BCUT2D eigenvalue weighted by Crippen LogP contribution is 2.54. The second kappa shape index (κ2) is 13.1. The lowest BCUT2D eigenvalue weighted by Gasteiger charge is -2.36. The molecule has 0 unspecified atom stereocenters. The van der Waals surface area contributed by atoms with Crippen LogP contribution in [-0.4, -0.2) is 37.8 Å². The molecule has 266 valence electrons. The molecule has 1 fully saturated rings. The topological polar surface area (TPSA) is 58.6 Å². The molecule has 0 saturated heterocycles. The summed E-state index contributed by atoms with van der Waals surface area (Å²) in [5, 5.41) is 1.66. The minimum Gasteiger partial charge on any atom is -0.357 e. The molecule has 0 aromatic heterocycles. The number of methoxy groups -OCH3 is 1. The molecular formula is C30H20BrF13N2O3. The molecule has 1 saturated carbocycles. The normalized spacial score (nSPS) is 14.5. The van der Waals surface area contributed by atoms with Crippen molar-refractivity contribution in [1.82, 2.24) is 0 Å². The van der Waals surface area contributed by atoms with Crippen molar-refractivity contribution in [2.45, 2.75) is 43.1 Å². The summed E-state index contributed by atoms with van der Waals surface area (Å²) in [6, 6.07) is 5.21. The Labute approximate surface area is 276 Å². The van der Waals surface area contributed by atoms with Gasteiger partial charge in [-0.05, 0) is 83.2 Å². The molecule has 1 N–H and O–H groups in total. The van der Waals surface area contributed by atoms with E-state index in [1.54, 1.807) is 5.32 Å². The lowest BCUT2D eigenvalue weighted by atomic mass is 9.89. The Morgan fingerprint density at radius 2 is 1.41 bits per heavy atom. The van der Waals surface area contributed by atoms with Crippen LogP contribution in [0.5, 0.6) is 0 Å². The molecule has 2 amide bonds. The first-order chi connectivity index (χ1) is 22.4. The van der Waals surface area contributed by atoms with Crippen molar-refractivity contribution in [2.75, 3.05) is 23.9 Å². The van der Waals surface area contributed by atoms with Crippen LogP contribution in [-0.2, 0) is 22.7 Å². The second-order valence-corrected chi connectivity index (χ2v) is 11.6. The van der Waals surface area contributed by atoms with Gasteiger partial charge in [-0.3, -0.25) is 9.59 Å². The van der Waals surface area contributed by atoms with Gasteiger partial charge in [-0.1, -0.05) is 6.07 Å². The highest BCUT2D eigenvalue weighted by molar-refractivity contribution is 9.10. The monoisotopic (exact) mass is 782 g/mol. The van der Waals surface area contributed by atoms with Gasteiger partial charge in [0, 0.05) is 29.3 Å². The van der Waals surface area contributed by atoms with Crippen molar-refractivity contribution >= 4 is 39.1 Å². The number of ether oxygens (including phenoxy) is 1. The standard InChI is InChI=1S/C30H20BrF13N2O3/c1-49-26(29(39,40)41,30(42,43)44)17-11-19(28(36,37)38)23(20(31)12-17)45-24(47)18-3-2-4-21(22(18)32)46(13-14-5-6-14)25(48)15-7-9-16(10-8-15)27(33,34)35/h2-4,7-12,14H,5-6,13H2,1H3,(H,45,47). The van der Waals surface area contributed by atoms with Crippen LogP contribution in [0.1, 0.15) is 50.2 Å². The largest absolute Gasteiger partial charge is 0.430 e. The summed E-state index contributed by atoms with van der Waals surface area (Å²) in [7, 11) is -0.0115. The average Bonchev–Trinajstić information content (AvgIpc) is 3.79. The first-order valence-electron chi connectivity index (χ1n) is 13.6. The second-order valence-electron chi connectivity index (χ2n) is 10.8. The van der Waals surface area contributed by atoms with Crippen LogP contribution in [0.15, 0.2) is 59.1 Å². The van der Waals surface area contributed by atoms with Crippen LogP contribution < -0.4 is 10.2 Å². The summed E-state index contributed by atoms with van der Waals surface area (Å²) in [6.07, 6.45) is -21.9. The van der Waals surface area contributed by atoms with Crippen molar-refractivity contribution in [3.05, 3.63) is 92.7 Å². The van der Waals surface area contributed by atoms with E-state index in [0.717, 1.165) is 35.2 Å². The maximum absolute atomic E-state index is 15.9. The third-order valence-corrected chi connectivity index (χ3v) is 8.13. The molecule has 19 heteroatoms. The van der Waals surface area contributed by atoms with E-state index < -0.39 is 92.1 Å². The van der Waals surface area contributed by atoms with Gasteiger partial charge in [-0.15, -0.1) is 0 Å². The SMILES string of the molecule is COC(c1cc(Br)c(NC(=O)c2cccc(N(CC3CC3)C(=O)c3ccc(C(F)(F)F)cc3)c2F)c(C(F)(F)F)c1)(C(F)(F)F)C(F)(F)F. The Morgan fingerprint density at radius 1 is 0.837 bits per heavy atom. The number of halogens is 14. The van der Waals surface area contributed by atoms with Crippen molar-refractivity contribution in [3.63, 3.8) is 0 Å². The van der Waals surface area contributed by atoms with Crippen LogP contribution >= 0.6 is 15.9 Å². The van der Waals surface area contributed by atoms with Gasteiger partial charge in [0.1, 0.15) is 0 Å². The Hall–Kier alpha value is -3.87. The zero-order chi connectivity index (χ0) is 36.9. The summed E-state index contributed by atoms with van der Waals surface area (Å²) in [6.45, 7) is -0.160. The highest BCUT2D eigenvalue weighted by atomic mass is 79.9. The summed E-state index contributed by atoms with van der Waals surface area (Å²) in [4.78, 5) is 27.3. The van der Waals surface area contributed by atoms with E-state index in [1.807, 2.05) is 0 Å². The fraction of sp³-hybridized carbons (Fsp3) is 0.333. The van der Waals surface area contributed by atoms with Crippen LogP contribution in [0.3, 0.4) is 0 Å². The van der Waals surface area contributed by atoms with Gasteiger partial charge in [-0.25, -0.2) is 4.39 Å². The Balaban J connectivity index is 1.76.